The maximum absolute atomic E-state index is 13.2. The van der Waals surface area contributed by atoms with Gasteiger partial charge in [0.05, 0.1) is 19.6 Å². The summed E-state index contributed by atoms with van der Waals surface area (Å²) >= 11 is 12.1. The van der Waals surface area contributed by atoms with Gasteiger partial charge >= 0.3 is 5.69 Å². The van der Waals surface area contributed by atoms with E-state index in [0.717, 1.165) is 5.56 Å². The highest BCUT2D eigenvalue weighted by molar-refractivity contribution is 6.35. The first-order valence-electron chi connectivity index (χ1n) is 9.71. The molecule has 1 aromatic heterocycles. The van der Waals surface area contributed by atoms with E-state index in [2.05, 4.69) is 4.98 Å². The van der Waals surface area contributed by atoms with Gasteiger partial charge in [-0.05, 0) is 23.3 Å². The van der Waals surface area contributed by atoms with Crippen LogP contribution in [0.4, 0.5) is 11.5 Å². The molecule has 0 aliphatic heterocycles. The Morgan fingerprint density at radius 2 is 1.88 bits per heavy atom. The lowest BCUT2D eigenvalue weighted by Gasteiger charge is -2.24. The van der Waals surface area contributed by atoms with Gasteiger partial charge in [-0.15, -0.1) is 0 Å². The maximum atomic E-state index is 13.2. The Labute approximate surface area is 194 Å². The second kappa shape index (κ2) is 10.5. The van der Waals surface area contributed by atoms with E-state index in [1.54, 1.807) is 12.1 Å². The Morgan fingerprint density at radius 3 is 2.53 bits per heavy atom. The number of anilines is 2. The van der Waals surface area contributed by atoms with Crippen LogP contribution >= 0.6 is 23.2 Å². The van der Waals surface area contributed by atoms with E-state index in [1.807, 2.05) is 30.3 Å². The van der Waals surface area contributed by atoms with Crippen LogP contribution in [-0.4, -0.2) is 35.7 Å². The molecular formula is C22H22Cl2N4O4. The number of H-pyrrole nitrogens is 1. The van der Waals surface area contributed by atoms with E-state index in [9.17, 15) is 14.4 Å². The third-order valence-electron chi connectivity index (χ3n) is 4.84. The molecule has 0 saturated heterocycles. The molecule has 10 heteroatoms. The van der Waals surface area contributed by atoms with Gasteiger partial charge < -0.3 is 15.4 Å². The molecule has 1 amide bonds. The summed E-state index contributed by atoms with van der Waals surface area (Å²) in [6, 6.07) is 14.0. The number of nitrogens with zero attached hydrogens (tertiary/aromatic N) is 2. The monoisotopic (exact) mass is 476 g/mol. The number of hydrogen-bond donors (Lipinski definition) is 2. The molecule has 0 bridgehead atoms. The molecule has 0 saturated carbocycles. The molecule has 3 rings (SSSR count). The van der Waals surface area contributed by atoms with E-state index in [0.29, 0.717) is 15.6 Å². The van der Waals surface area contributed by atoms with Crippen molar-refractivity contribution in [3.8, 4) is 0 Å². The lowest BCUT2D eigenvalue weighted by atomic mass is 10.1. The smallest absolute Gasteiger partial charge is 0.330 e. The topological polar surface area (TPSA) is 110 Å². The van der Waals surface area contributed by atoms with Crippen molar-refractivity contribution in [2.45, 2.75) is 13.0 Å². The van der Waals surface area contributed by atoms with Crippen LogP contribution in [-0.2, 0) is 22.5 Å². The highest BCUT2D eigenvalue weighted by Gasteiger charge is 2.25. The van der Waals surface area contributed by atoms with Crippen LogP contribution < -0.4 is 21.9 Å². The SMILES string of the molecule is COCCN(C(=O)Cc1ccc(Cl)cc1Cl)c1c(N)n(Cc2ccccc2)c(=O)[nH]c1=O. The van der Waals surface area contributed by atoms with E-state index in [1.165, 1.54) is 22.6 Å². The molecule has 0 aliphatic rings. The zero-order chi connectivity index (χ0) is 23.3. The van der Waals surface area contributed by atoms with Gasteiger partial charge in [0.1, 0.15) is 5.82 Å². The molecule has 32 heavy (non-hydrogen) atoms. The fourth-order valence-corrected chi connectivity index (χ4v) is 3.70. The zero-order valence-corrected chi connectivity index (χ0v) is 18.8. The quantitative estimate of drug-likeness (QED) is 0.519. The molecule has 8 nitrogen and oxygen atoms in total. The van der Waals surface area contributed by atoms with Crippen molar-refractivity contribution in [2.24, 2.45) is 0 Å². The van der Waals surface area contributed by atoms with Crippen molar-refractivity contribution in [1.29, 1.82) is 0 Å². The summed E-state index contributed by atoms with van der Waals surface area (Å²) < 4.78 is 6.32. The molecular weight excluding hydrogens is 455 g/mol. The number of methoxy groups -OCH3 is 1. The third kappa shape index (κ3) is 5.40. The van der Waals surface area contributed by atoms with Gasteiger partial charge in [-0.25, -0.2) is 4.79 Å². The van der Waals surface area contributed by atoms with E-state index in [4.69, 9.17) is 33.7 Å². The Bertz CT molecular complexity index is 1220. The first-order valence-corrected chi connectivity index (χ1v) is 10.5. The summed E-state index contributed by atoms with van der Waals surface area (Å²) in [5, 5.41) is 0.768. The number of benzene rings is 2. The number of halogens is 2. The van der Waals surface area contributed by atoms with Crippen LogP contribution in [0.15, 0.2) is 58.1 Å². The highest BCUT2D eigenvalue weighted by atomic mass is 35.5. The summed E-state index contributed by atoms with van der Waals surface area (Å²) in [4.78, 5) is 41.8. The van der Waals surface area contributed by atoms with Gasteiger partial charge in [0.25, 0.3) is 5.56 Å². The number of carbonyl (C=O) groups is 1. The van der Waals surface area contributed by atoms with Crippen molar-refractivity contribution >= 4 is 40.6 Å². The first-order chi connectivity index (χ1) is 15.3. The van der Waals surface area contributed by atoms with Crippen LogP contribution in [0.5, 0.6) is 0 Å². The number of nitrogens with one attached hydrogen (secondary N) is 1. The molecule has 2 aromatic carbocycles. The van der Waals surface area contributed by atoms with Crippen LogP contribution in [0.25, 0.3) is 0 Å². The van der Waals surface area contributed by atoms with E-state index < -0.39 is 17.2 Å². The first kappa shape index (κ1) is 23.6. The fourth-order valence-electron chi connectivity index (χ4n) is 3.23. The molecule has 0 aliphatic carbocycles. The molecule has 0 atom stereocenters. The zero-order valence-electron chi connectivity index (χ0n) is 17.3. The Balaban J connectivity index is 2.02. The molecule has 0 radical (unpaired) electrons. The largest absolute Gasteiger partial charge is 0.383 e. The molecule has 3 N–H and O–H groups in total. The average molecular weight is 477 g/mol. The van der Waals surface area contributed by atoms with Crippen molar-refractivity contribution < 1.29 is 9.53 Å². The molecule has 3 aromatic rings. The lowest BCUT2D eigenvalue weighted by Crippen LogP contribution is -2.43. The van der Waals surface area contributed by atoms with Crippen molar-refractivity contribution in [3.63, 3.8) is 0 Å². The highest BCUT2D eigenvalue weighted by Crippen LogP contribution is 2.24. The van der Waals surface area contributed by atoms with Crippen molar-refractivity contribution in [1.82, 2.24) is 9.55 Å². The van der Waals surface area contributed by atoms with Gasteiger partial charge in [0, 0.05) is 23.7 Å². The number of nitrogen functional groups attached to an aromatic ring is 1. The maximum Gasteiger partial charge on any atom is 0.330 e. The predicted molar refractivity (Wildman–Crippen MR) is 126 cm³/mol. The number of aromatic amines is 1. The van der Waals surface area contributed by atoms with Crippen LogP contribution in [0.3, 0.4) is 0 Å². The Hall–Kier alpha value is -3.07. The van der Waals surface area contributed by atoms with Crippen LogP contribution in [0, 0.1) is 0 Å². The minimum Gasteiger partial charge on any atom is -0.383 e. The number of hydrogen-bond acceptors (Lipinski definition) is 5. The number of ether oxygens (including phenoxy) is 1. The predicted octanol–water partition coefficient (Wildman–Crippen LogP) is 2.70. The number of aromatic nitrogens is 2. The molecule has 168 valence electrons. The lowest BCUT2D eigenvalue weighted by molar-refractivity contribution is -0.118. The summed E-state index contributed by atoms with van der Waals surface area (Å²) in [6.07, 6.45) is -0.101. The van der Waals surface area contributed by atoms with Gasteiger partial charge in [-0.3, -0.25) is 19.1 Å². The second-order valence-electron chi connectivity index (χ2n) is 7.02. The summed E-state index contributed by atoms with van der Waals surface area (Å²) in [5.41, 5.74) is 6.05. The number of rotatable bonds is 8. The van der Waals surface area contributed by atoms with Crippen molar-refractivity contribution in [2.75, 3.05) is 30.9 Å². The van der Waals surface area contributed by atoms with E-state index in [-0.39, 0.29) is 37.6 Å². The second-order valence-corrected chi connectivity index (χ2v) is 7.86. The third-order valence-corrected chi connectivity index (χ3v) is 5.43. The summed E-state index contributed by atoms with van der Waals surface area (Å²) in [7, 11) is 1.47. The van der Waals surface area contributed by atoms with Gasteiger partial charge in [-0.1, -0.05) is 59.6 Å². The van der Waals surface area contributed by atoms with Gasteiger partial charge in [0.15, 0.2) is 5.69 Å². The van der Waals surface area contributed by atoms with E-state index >= 15 is 0 Å². The minimum absolute atomic E-state index is 0.0529. The standard InChI is InChI=1S/C22H22Cl2N4O4/c1-32-10-9-27(18(29)11-15-7-8-16(23)12-17(15)24)19-20(25)28(22(31)26-21(19)30)13-14-5-3-2-4-6-14/h2-8,12H,9-11,13,25H2,1H3,(H,26,30,31). The Kier molecular flexibility index (Phi) is 7.74. The number of nitrogens with two attached hydrogens (primary N) is 1. The fraction of sp³-hybridized carbons (Fsp3) is 0.227. The molecule has 0 unspecified atom stereocenters. The number of carbonyl (C=O) groups excluding carboxylic acids is 1. The minimum atomic E-state index is -0.761. The number of amides is 1. The van der Waals surface area contributed by atoms with Gasteiger partial charge in [-0.2, -0.15) is 0 Å². The molecule has 1 heterocycles. The van der Waals surface area contributed by atoms with Crippen molar-refractivity contribution in [3.05, 3.63) is 90.5 Å². The average Bonchev–Trinajstić information content (AvgIpc) is 2.76. The molecule has 0 spiro atoms. The molecule has 0 fully saturated rings. The summed E-state index contributed by atoms with van der Waals surface area (Å²) in [6.45, 7) is 0.332. The van der Waals surface area contributed by atoms with Gasteiger partial charge in [0.2, 0.25) is 5.91 Å². The van der Waals surface area contributed by atoms with Crippen LogP contribution in [0.1, 0.15) is 11.1 Å². The normalized spacial score (nSPS) is 10.8. The Morgan fingerprint density at radius 1 is 1.16 bits per heavy atom. The summed E-state index contributed by atoms with van der Waals surface area (Å²) in [5.74, 6) is -0.553. The van der Waals surface area contributed by atoms with Crippen LogP contribution in [0.2, 0.25) is 10.0 Å².